The molecule has 2 heterocycles. The Hall–Kier alpha value is -1.85. The Labute approximate surface area is 137 Å². The van der Waals surface area contributed by atoms with Crippen LogP contribution in [0.15, 0.2) is 6.20 Å². The summed E-state index contributed by atoms with van der Waals surface area (Å²) in [5.41, 5.74) is 1.42. The zero-order valence-corrected chi connectivity index (χ0v) is 13.6. The highest BCUT2D eigenvalue weighted by Crippen LogP contribution is 2.17. The summed E-state index contributed by atoms with van der Waals surface area (Å²) in [4.78, 5) is 24.2. The van der Waals surface area contributed by atoms with Gasteiger partial charge >= 0.3 is 0 Å². The molecule has 126 valence electrons. The van der Waals surface area contributed by atoms with Gasteiger partial charge in [-0.15, -0.1) is 0 Å². The Balaban J connectivity index is 1.57. The third kappa shape index (κ3) is 4.33. The predicted octanol–water partition coefficient (Wildman–Crippen LogP) is 1.79. The number of hydrogen-bond acceptors (Lipinski definition) is 3. The first-order valence-electron chi connectivity index (χ1n) is 8.86. The second kappa shape index (κ2) is 7.62. The van der Waals surface area contributed by atoms with Crippen molar-refractivity contribution in [2.75, 3.05) is 6.54 Å². The molecule has 0 spiro atoms. The topological polar surface area (TPSA) is 76.0 Å². The summed E-state index contributed by atoms with van der Waals surface area (Å²) < 4.78 is 1.60. The van der Waals surface area contributed by atoms with Crippen molar-refractivity contribution in [3.63, 3.8) is 0 Å². The van der Waals surface area contributed by atoms with E-state index in [2.05, 4.69) is 15.7 Å². The van der Waals surface area contributed by atoms with Gasteiger partial charge in [-0.2, -0.15) is 5.10 Å². The molecule has 3 rings (SSSR count). The van der Waals surface area contributed by atoms with Gasteiger partial charge in [-0.1, -0.05) is 32.1 Å². The average molecular weight is 318 g/mol. The molecule has 1 aromatic heterocycles. The van der Waals surface area contributed by atoms with Crippen LogP contribution in [0.3, 0.4) is 0 Å². The van der Waals surface area contributed by atoms with E-state index >= 15 is 0 Å². The summed E-state index contributed by atoms with van der Waals surface area (Å²) >= 11 is 0. The number of carbonyl (C=O) groups is 2. The number of nitrogens with zero attached hydrogens (tertiary/aromatic N) is 2. The van der Waals surface area contributed by atoms with E-state index in [9.17, 15) is 9.59 Å². The summed E-state index contributed by atoms with van der Waals surface area (Å²) in [6.45, 7) is 0.883. The average Bonchev–Trinajstić information content (AvgIpc) is 2.81. The van der Waals surface area contributed by atoms with Crippen LogP contribution in [-0.2, 0) is 17.8 Å². The molecule has 2 aliphatic rings. The fourth-order valence-electron chi connectivity index (χ4n) is 3.49. The van der Waals surface area contributed by atoms with Gasteiger partial charge in [0.1, 0.15) is 6.54 Å². The smallest absolute Gasteiger partial charge is 0.254 e. The molecule has 0 unspecified atom stereocenters. The largest absolute Gasteiger partial charge is 0.352 e. The van der Waals surface area contributed by atoms with Gasteiger partial charge in [-0.05, 0) is 25.7 Å². The van der Waals surface area contributed by atoms with E-state index in [1.165, 1.54) is 32.1 Å². The van der Waals surface area contributed by atoms with Crippen molar-refractivity contribution in [1.82, 2.24) is 20.4 Å². The van der Waals surface area contributed by atoms with Gasteiger partial charge in [0.2, 0.25) is 5.91 Å². The number of carbonyl (C=O) groups excluding carboxylic acids is 2. The Bertz CT molecular complexity index is 559. The van der Waals surface area contributed by atoms with Gasteiger partial charge in [0.25, 0.3) is 5.91 Å². The summed E-state index contributed by atoms with van der Waals surface area (Å²) in [5.74, 6) is -0.0854. The minimum atomic E-state index is -0.0795. The Morgan fingerprint density at radius 1 is 1.22 bits per heavy atom. The minimum Gasteiger partial charge on any atom is -0.352 e. The van der Waals surface area contributed by atoms with E-state index in [-0.39, 0.29) is 18.4 Å². The van der Waals surface area contributed by atoms with Gasteiger partial charge < -0.3 is 10.6 Å². The highest BCUT2D eigenvalue weighted by Gasteiger charge is 2.20. The molecule has 1 aliphatic carbocycles. The molecule has 1 saturated carbocycles. The molecule has 0 saturated heterocycles. The lowest BCUT2D eigenvalue weighted by atomic mass is 9.97. The molecule has 1 aromatic rings. The van der Waals surface area contributed by atoms with Crippen molar-refractivity contribution in [1.29, 1.82) is 0 Å². The Morgan fingerprint density at radius 2 is 1.96 bits per heavy atom. The van der Waals surface area contributed by atoms with Crippen molar-refractivity contribution in [2.45, 2.75) is 70.4 Å². The Kier molecular flexibility index (Phi) is 5.31. The zero-order valence-electron chi connectivity index (χ0n) is 13.6. The van der Waals surface area contributed by atoms with E-state index in [4.69, 9.17) is 0 Å². The lowest BCUT2D eigenvalue weighted by Crippen LogP contribution is -2.37. The van der Waals surface area contributed by atoms with Crippen molar-refractivity contribution in [3.05, 3.63) is 17.5 Å². The molecule has 6 nitrogen and oxygen atoms in total. The van der Waals surface area contributed by atoms with E-state index < -0.39 is 0 Å². The maximum atomic E-state index is 12.3. The number of amides is 2. The standard InChI is InChI=1S/C17H26N4O2/c22-16(19-13-7-4-2-1-3-5-8-13)12-21-11-14-15(20-21)9-6-10-18-17(14)23/h11,13H,1-10,12H2,(H,18,23)(H,19,22). The van der Waals surface area contributed by atoms with Crippen molar-refractivity contribution in [2.24, 2.45) is 0 Å². The molecule has 1 fully saturated rings. The van der Waals surface area contributed by atoms with Crippen LogP contribution in [0.2, 0.25) is 0 Å². The number of nitrogens with one attached hydrogen (secondary N) is 2. The minimum absolute atomic E-state index is 0.00589. The van der Waals surface area contributed by atoms with Crippen LogP contribution in [0.1, 0.15) is 67.4 Å². The van der Waals surface area contributed by atoms with E-state index in [0.717, 1.165) is 31.4 Å². The maximum Gasteiger partial charge on any atom is 0.254 e. The van der Waals surface area contributed by atoms with E-state index in [1.807, 2.05) is 0 Å². The molecule has 23 heavy (non-hydrogen) atoms. The number of aryl methyl sites for hydroxylation is 1. The van der Waals surface area contributed by atoms with Crippen molar-refractivity contribution in [3.8, 4) is 0 Å². The monoisotopic (exact) mass is 318 g/mol. The molecule has 0 aromatic carbocycles. The molecule has 1 aliphatic heterocycles. The molecule has 0 radical (unpaired) electrons. The van der Waals surface area contributed by atoms with Crippen molar-refractivity contribution < 1.29 is 9.59 Å². The van der Waals surface area contributed by atoms with Gasteiger partial charge in [-0.3, -0.25) is 14.3 Å². The summed E-state index contributed by atoms with van der Waals surface area (Å²) in [6, 6.07) is 0.291. The number of hydrogen-bond donors (Lipinski definition) is 2. The molecule has 6 heteroatoms. The lowest BCUT2D eigenvalue weighted by Gasteiger charge is -2.21. The summed E-state index contributed by atoms with van der Waals surface area (Å²) in [5, 5.41) is 10.4. The third-order valence-electron chi connectivity index (χ3n) is 4.73. The quantitative estimate of drug-likeness (QED) is 0.892. The molecule has 2 amide bonds. The van der Waals surface area contributed by atoms with Crippen LogP contribution >= 0.6 is 0 Å². The first kappa shape index (κ1) is 16.0. The predicted molar refractivity (Wildman–Crippen MR) is 87.1 cm³/mol. The van der Waals surface area contributed by atoms with Crippen molar-refractivity contribution >= 4 is 11.8 Å². The SMILES string of the molecule is O=C(Cn1cc2c(n1)CCCNC2=O)NC1CCCCCCC1. The van der Waals surface area contributed by atoms with Gasteiger partial charge in [-0.25, -0.2) is 0 Å². The maximum absolute atomic E-state index is 12.3. The van der Waals surface area contributed by atoms with Crippen LogP contribution < -0.4 is 10.6 Å². The van der Waals surface area contributed by atoms with Crippen LogP contribution in [0.5, 0.6) is 0 Å². The number of fused-ring (bicyclic) bond motifs is 1. The first-order valence-corrected chi connectivity index (χ1v) is 8.86. The number of rotatable bonds is 3. The Morgan fingerprint density at radius 3 is 2.74 bits per heavy atom. The molecule has 2 N–H and O–H groups in total. The fourth-order valence-corrected chi connectivity index (χ4v) is 3.49. The van der Waals surface area contributed by atoms with Crippen LogP contribution in [0.25, 0.3) is 0 Å². The van der Waals surface area contributed by atoms with E-state index in [0.29, 0.717) is 18.2 Å². The normalized spacial score (nSPS) is 19.9. The molecule has 0 bridgehead atoms. The second-order valence-corrected chi connectivity index (χ2v) is 6.66. The zero-order chi connectivity index (χ0) is 16.1. The fraction of sp³-hybridized carbons (Fsp3) is 0.706. The highest BCUT2D eigenvalue weighted by atomic mass is 16.2. The van der Waals surface area contributed by atoms with Crippen LogP contribution in [-0.4, -0.2) is 34.2 Å². The summed E-state index contributed by atoms with van der Waals surface area (Å²) in [6.07, 6.45) is 11.8. The van der Waals surface area contributed by atoms with E-state index in [1.54, 1.807) is 10.9 Å². The van der Waals surface area contributed by atoms with Gasteiger partial charge in [0.15, 0.2) is 0 Å². The second-order valence-electron chi connectivity index (χ2n) is 6.66. The van der Waals surface area contributed by atoms with Gasteiger partial charge in [0, 0.05) is 18.8 Å². The van der Waals surface area contributed by atoms with Crippen LogP contribution in [0.4, 0.5) is 0 Å². The van der Waals surface area contributed by atoms with Gasteiger partial charge in [0.05, 0.1) is 11.3 Å². The third-order valence-corrected chi connectivity index (χ3v) is 4.73. The lowest BCUT2D eigenvalue weighted by molar-refractivity contribution is -0.122. The summed E-state index contributed by atoms with van der Waals surface area (Å²) in [7, 11) is 0. The van der Waals surface area contributed by atoms with Crippen LogP contribution in [0, 0.1) is 0 Å². The molecular weight excluding hydrogens is 292 g/mol. The molecule has 0 atom stereocenters. The molecular formula is C17H26N4O2. The first-order chi connectivity index (χ1) is 11.2. The highest BCUT2D eigenvalue weighted by molar-refractivity contribution is 5.95. The number of aromatic nitrogens is 2.